The van der Waals surface area contributed by atoms with Crippen LogP contribution in [-0.2, 0) is 0 Å². The molecule has 4 aliphatic carbocycles. The van der Waals surface area contributed by atoms with Gasteiger partial charge in [-0.15, -0.1) is 0 Å². The molecular formula is C42H58N2. The molecular weight excluding hydrogens is 532 g/mol. The molecule has 1 atom stereocenters. The lowest BCUT2D eigenvalue weighted by atomic mass is 9.52. The second-order valence-electron chi connectivity index (χ2n) is 14.9. The van der Waals surface area contributed by atoms with Crippen molar-refractivity contribution in [2.75, 3.05) is 0 Å². The topological polar surface area (TPSA) is 52.0 Å². The van der Waals surface area contributed by atoms with Crippen LogP contribution in [0.1, 0.15) is 133 Å². The molecule has 3 saturated carbocycles. The molecule has 236 valence electrons. The van der Waals surface area contributed by atoms with E-state index in [9.17, 15) is 0 Å². The van der Waals surface area contributed by atoms with Gasteiger partial charge >= 0.3 is 0 Å². The van der Waals surface area contributed by atoms with Crippen molar-refractivity contribution < 1.29 is 0 Å². The first kappa shape index (κ1) is 31.4. The van der Waals surface area contributed by atoms with Crippen molar-refractivity contribution in [3.05, 3.63) is 89.2 Å². The van der Waals surface area contributed by atoms with Crippen LogP contribution in [0.4, 0.5) is 0 Å². The maximum atomic E-state index is 6.36. The number of rotatable bonds is 9. The molecule has 0 spiro atoms. The largest absolute Gasteiger partial charge is 0.398 e. The normalized spacial score (nSPS) is 29.8. The van der Waals surface area contributed by atoms with Crippen molar-refractivity contribution in [1.29, 1.82) is 0 Å². The fraction of sp³-hybridized carbons (Fsp3) is 0.571. The van der Waals surface area contributed by atoms with E-state index in [1.54, 1.807) is 5.56 Å². The van der Waals surface area contributed by atoms with Gasteiger partial charge in [-0.25, -0.2) is 0 Å². The summed E-state index contributed by atoms with van der Waals surface area (Å²) >= 11 is 0. The first-order valence-electron chi connectivity index (χ1n) is 18.4. The summed E-state index contributed by atoms with van der Waals surface area (Å²) in [4.78, 5) is 0. The number of benzene rings is 2. The van der Waals surface area contributed by atoms with Crippen molar-refractivity contribution in [2.24, 2.45) is 34.6 Å². The number of hydrogen-bond acceptors (Lipinski definition) is 2. The second kappa shape index (κ2) is 14.7. The standard InChI is InChI=1S/C42H58N2/c1-2-3-5-12-31-19-23-35(24-20-31)42(27-8-4-9-28-42)36-25-21-33(22-26-36)37-15-6-7-16-38(37)34-14-10-13-32(29-34)30-39-40(43)17-11-18-41(39)44/h6-7,10-11,13-18,29-31,33,35-36,40H,2-5,8-9,12,19-28,43-44H2,1H3. The van der Waals surface area contributed by atoms with Gasteiger partial charge in [-0.05, 0) is 126 Å². The Morgan fingerprint density at radius 2 is 1.55 bits per heavy atom. The average molecular weight is 591 g/mol. The molecule has 44 heavy (non-hydrogen) atoms. The zero-order valence-corrected chi connectivity index (χ0v) is 27.5. The molecule has 2 heteroatoms. The van der Waals surface area contributed by atoms with E-state index in [4.69, 9.17) is 11.5 Å². The molecule has 0 aromatic heterocycles. The third kappa shape index (κ3) is 6.96. The number of allylic oxidation sites excluding steroid dienone is 2. The molecule has 3 fully saturated rings. The van der Waals surface area contributed by atoms with Gasteiger partial charge in [-0.3, -0.25) is 0 Å². The molecule has 0 aliphatic heterocycles. The van der Waals surface area contributed by atoms with Crippen molar-refractivity contribution in [1.82, 2.24) is 0 Å². The highest BCUT2D eigenvalue weighted by atomic mass is 14.7. The summed E-state index contributed by atoms with van der Waals surface area (Å²) in [7, 11) is 0. The third-order valence-electron chi connectivity index (χ3n) is 12.4. The monoisotopic (exact) mass is 590 g/mol. The van der Waals surface area contributed by atoms with E-state index in [2.05, 4.69) is 61.5 Å². The number of hydrogen-bond donors (Lipinski definition) is 2. The van der Waals surface area contributed by atoms with Crippen LogP contribution in [0.5, 0.6) is 0 Å². The molecule has 0 heterocycles. The molecule has 0 bridgehead atoms. The van der Waals surface area contributed by atoms with Gasteiger partial charge in [0.15, 0.2) is 0 Å². The predicted molar refractivity (Wildman–Crippen MR) is 189 cm³/mol. The van der Waals surface area contributed by atoms with Gasteiger partial charge in [0.2, 0.25) is 0 Å². The highest BCUT2D eigenvalue weighted by Gasteiger charge is 2.47. The summed E-state index contributed by atoms with van der Waals surface area (Å²) in [5.41, 5.74) is 20.5. The zero-order chi connectivity index (χ0) is 30.4. The van der Waals surface area contributed by atoms with Crippen LogP contribution in [0.3, 0.4) is 0 Å². The van der Waals surface area contributed by atoms with Crippen LogP contribution < -0.4 is 11.5 Å². The van der Waals surface area contributed by atoms with Gasteiger partial charge in [0.25, 0.3) is 0 Å². The predicted octanol–water partition coefficient (Wildman–Crippen LogP) is 11.1. The van der Waals surface area contributed by atoms with Crippen LogP contribution in [0.2, 0.25) is 0 Å². The van der Waals surface area contributed by atoms with Gasteiger partial charge in [-0.1, -0.05) is 119 Å². The number of nitrogens with two attached hydrogens (primary N) is 2. The fourth-order valence-corrected chi connectivity index (χ4v) is 9.99. The van der Waals surface area contributed by atoms with E-state index in [0.717, 1.165) is 34.6 Å². The van der Waals surface area contributed by atoms with E-state index in [1.807, 2.05) is 18.2 Å². The lowest BCUT2D eigenvalue weighted by Crippen LogP contribution is -2.43. The Morgan fingerprint density at radius 3 is 2.27 bits per heavy atom. The third-order valence-corrected chi connectivity index (χ3v) is 12.4. The molecule has 6 rings (SSSR count). The first-order valence-corrected chi connectivity index (χ1v) is 18.4. The summed E-state index contributed by atoms with van der Waals surface area (Å²) < 4.78 is 0. The Morgan fingerprint density at radius 1 is 0.818 bits per heavy atom. The Bertz CT molecular complexity index is 1310. The quantitative estimate of drug-likeness (QED) is 0.285. The summed E-state index contributed by atoms with van der Waals surface area (Å²) in [6, 6.07) is 18.1. The lowest BCUT2D eigenvalue weighted by Gasteiger charge is -2.53. The molecule has 4 aliphatic rings. The minimum atomic E-state index is -0.153. The second-order valence-corrected chi connectivity index (χ2v) is 14.9. The molecule has 2 nitrogen and oxygen atoms in total. The van der Waals surface area contributed by atoms with Gasteiger partial charge < -0.3 is 11.5 Å². The average Bonchev–Trinajstić information content (AvgIpc) is 3.07. The smallest absolute Gasteiger partial charge is 0.0504 e. The maximum absolute atomic E-state index is 6.36. The van der Waals surface area contributed by atoms with Gasteiger partial charge in [-0.2, -0.15) is 0 Å². The van der Waals surface area contributed by atoms with Crippen molar-refractivity contribution in [2.45, 2.75) is 128 Å². The first-order chi connectivity index (χ1) is 21.6. The highest BCUT2D eigenvalue weighted by Crippen LogP contribution is 2.58. The molecule has 0 amide bonds. The highest BCUT2D eigenvalue weighted by molar-refractivity contribution is 5.72. The van der Waals surface area contributed by atoms with Gasteiger partial charge in [0, 0.05) is 5.70 Å². The molecule has 4 N–H and O–H groups in total. The van der Waals surface area contributed by atoms with Crippen LogP contribution in [0.15, 0.2) is 78.0 Å². The number of unbranched alkanes of at least 4 members (excludes halogenated alkanes) is 2. The van der Waals surface area contributed by atoms with Crippen LogP contribution >= 0.6 is 0 Å². The fourth-order valence-electron chi connectivity index (χ4n) is 9.99. The lowest BCUT2D eigenvalue weighted by molar-refractivity contribution is -0.0216. The van der Waals surface area contributed by atoms with E-state index in [1.165, 1.54) is 120 Å². The van der Waals surface area contributed by atoms with Crippen LogP contribution in [0.25, 0.3) is 17.2 Å². The van der Waals surface area contributed by atoms with Crippen molar-refractivity contribution >= 4 is 6.08 Å². The summed E-state index contributed by atoms with van der Waals surface area (Å²) in [5.74, 6) is 3.61. The van der Waals surface area contributed by atoms with Gasteiger partial charge in [0.05, 0.1) is 6.04 Å². The summed E-state index contributed by atoms with van der Waals surface area (Å²) in [5, 5.41) is 0. The van der Waals surface area contributed by atoms with E-state index < -0.39 is 0 Å². The SMILES string of the molecule is CCCCCC1CCC(C2(C3CCC(c4ccccc4-c4cccc(C=C5C(N)=CC=CC5N)c4)CC3)CCCCC2)CC1. The minimum Gasteiger partial charge on any atom is -0.398 e. The van der Waals surface area contributed by atoms with Crippen LogP contribution in [-0.4, -0.2) is 6.04 Å². The summed E-state index contributed by atoms with van der Waals surface area (Å²) in [6.45, 7) is 2.34. The van der Waals surface area contributed by atoms with E-state index in [0.29, 0.717) is 11.3 Å². The Kier molecular flexibility index (Phi) is 10.5. The Hall–Kier alpha value is -2.58. The van der Waals surface area contributed by atoms with E-state index >= 15 is 0 Å². The minimum absolute atomic E-state index is 0.153. The Balaban J connectivity index is 1.15. The zero-order valence-electron chi connectivity index (χ0n) is 27.5. The van der Waals surface area contributed by atoms with Gasteiger partial charge in [0.1, 0.15) is 0 Å². The molecule has 0 radical (unpaired) electrons. The Labute approximate surface area is 268 Å². The van der Waals surface area contributed by atoms with Crippen LogP contribution in [0, 0.1) is 23.2 Å². The molecule has 1 unspecified atom stereocenters. The van der Waals surface area contributed by atoms with E-state index in [-0.39, 0.29) is 6.04 Å². The molecule has 2 aromatic rings. The summed E-state index contributed by atoms with van der Waals surface area (Å²) in [6.07, 6.45) is 32.9. The molecule has 0 saturated heterocycles. The maximum Gasteiger partial charge on any atom is 0.0504 e. The van der Waals surface area contributed by atoms with Crippen molar-refractivity contribution in [3.63, 3.8) is 0 Å². The van der Waals surface area contributed by atoms with Crippen molar-refractivity contribution in [3.8, 4) is 11.1 Å². The molecule has 2 aromatic carbocycles.